The third kappa shape index (κ3) is 3.49. The molecule has 0 atom stereocenters. The molecular formula is C18H24N2O2. The van der Waals surface area contributed by atoms with Crippen LogP contribution in [-0.4, -0.2) is 29.8 Å². The fourth-order valence-corrected chi connectivity index (χ4v) is 3.10. The van der Waals surface area contributed by atoms with Gasteiger partial charge in [-0.2, -0.15) is 0 Å². The van der Waals surface area contributed by atoms with Crippen LogP contribution in [0.25, 0.3) is 0 Å². The molecule has 1 aliphatic carbocycles. The van der Waals surface area contributed by atoms with Gasteiger partial charge in [0.1, 0.15) is 0 Å². The number of nitrogens with one attached hydrogen (secondary N) is 1. The van der Waals surface area contributed by atoms with E-state index >= 15 is 0 Å². The minimum absolute atomic E-state index is 0.0849. The Hall–Kier alpha value is -1.84. The molecule has 1 aromatic carbocycles. The molecule has 0 aromatic heterocycles. The van der Waals surface area contributed by atoms with E-state index in [1.165, 1.54) is 12.8 Å². The predicted octanol–water partition coefficient (Wildman–Crippen LogP) is 3.44. The highest BCUT2D eigenvalue weighted by Crippen LogP contribution is 2.27. The first kappa shape index (κ1) is 15.1. The molecule has 4 nitrogen and oxygen atoms in total. The highest BCUT2D eigenvalue weighted by atomic mass is 16.2. The van der Waals surface area contributed by atoms with E-state index in [0.29, 0.717) is 5.56 Å². The third-order valence-corrected chi connectivity index (χ3v) is 4.75. The summed E-state index contributed by atoms with van der Waals surface area (Å²) in [6.07, 6.45) is 7.71. The molecule has 2 amide bonds. The molecule has 118 valence electrons. The number of hydrogen-bond acceptors (Lipinski definition) is 2. The molecular weight excluding hydrogens is 276 g/mol. The number of likely N-dealkylation sites (tertiary alicyclic amines) is 1. The molecule has 2 aliphatic rings. The molecule has 1 aromatic rings. The minimum Gasteiger partial charge on any atom is -0.339 e. The van der Waals surface area contributed by atoms with Crippen LogP contribution >= 0.6 is 0 Å². The lowest BCUT2D eigenvalue weighted by Crippen LogP contribution is -2.32. The number of rotatable bonds is 3. The van der Waals surface area contributed by atoms with Crippen LogP contribution in [-0.2, 0) is 4.79 Å². The summed E-state index contributed by atoms with van der Waals surface area (Å²) in [6.45, 7) is 1.69. The summed E-state index contributed by atoms with van der Waals surface area (Å²) in [5.74, 6) is 0.331. The summed E-state index contributed by atoms with van der Waals surface area (Å²) in [7, 11) is 0. The van der Waals surface area contributed by atoms with E-state index in [2.05, 4.69) is 5.32 Å². The second kappa shape index (κ2) is 6.95. The molecule has 1 N–H and O–H groups in total. The molecule has 0 bridgehead atoms. The Morgan fingerprint density at radius 3 is 2.36 bits per heavy atom. The van der Waals surface area contributed by atoms with Gasteiger partial charge in [0.2, 0.25) is 5.91 Å². The Labute approximate surface area is 131 Å². The highest BCUT2D eigenvalue weighted by Gasteiger charge is 2.25. The van der Waals surface area contributed by atoms with E-state index < -0.39 is 0 Å². The van der Waals surface area contributed by atoms with Crippen LogP contribution < -0.4 is 5.32 Å². The second-order valence-electron chi connectivity index (χ2n) is 6.40. The number of amides is 2. The zero-order valence-electron chi connectivity index (χ0n) is 13.0. The van der Waals surface area contributed by atoms with Crippen LogP contribution in [0.15, 0.2) is 24.3 Å². The standard InChI is InChI=1S/C18H24N2O2/c21-17(14-7-5-8-14)19-16-10-6-9-15(13-16)18(22)20-11-3-1-2-4-12-20/h6,9-10,13-14H,1-5,7-8,11-12H2,(H,19,21). The van der Waals surface area contributed by atoms with Gasteiger partial charge in [-0.05, 0) is 43.9 Å². The van der Waals surface area contributed by atoms with Gasteiger partial charge in [-0.25, -0.2) is 0 Å². The van der Waals surface area contributed by atoms with Crippen molar-refractivity contribution < 1.29 is 9.59 Å². The van der Waals surface area contributed by atoms with Gasteiger partial charge in [0.25, 0.3) is 5.91 Å². The van der Waals surface area contributed by atoms with Crippen LogP contribution in [0.4, 0.5) is 5.69 Å². The Kier molecular flexibility index (Phi) is 4.76. The van der Waals surface area contributed by atoms with Crippen molar-refractivity contribution in [2.75, 3.05) is 18.4 Å². The summed E-state index contributed by atoms with van der Waals surface area (Å²) in [4.78, 5) is 26.6. The molecule has 1 saturated carbocycles. The lowest BCUT2D eigenvalue weighted by molar-refractivity contribution is -0.122. The molecule has 1 saturated heterocycles. The van der Waals surface area contributed by atoms with Gasteiger partial charge in [-0.3, -0.25) is 9.59 Å². The number of carbonyl (C=O) groups is 2. The van der Waals surface area contributed by atoms with Crippen molar-refractivity contribution in [3.8, 4) is 0 Å². The normalized spacial score (nSPS) is 19.2. The summed E-state index contributed by atoms with van der Waals surface area (Å²) < 4.78 is 0. The summed E-state index contributed by atoms with van der Waals surface area (Å²) in [6, 6.07) is 7.35. The quantitative estimate of drug-likeness (QED) is 0.929. The van der Waals surface area contributed by atoms with Crippen molar-refractivity contribution >= 4 is 17.5 Å². The SMILES string of the molecule is O=C(Nc1cccc(C(=O)N2CCCCCC2)c1)C1CCC1. The van der Waals surface area contributed by atoms with E-state index in [9.17, 15) is 9.59 Å². The largest absolute Gasteiger partial charge is 0.339 e. The molecule has 1 heterocycles. The van der Waals surface area contributed by atoms with Crippen LogP contribution in [0, 0.1) is 5.92 Å². The molecule has 3 rings (SSSR count). The second-order valence-corrected chi connectivity index (χ2v) is 6.40. The number of carbonyl (C=O) groups excluding carboxylic acids is 2. The lowest BCUT2D eigenvalue weighted by atomic mass is 9.85. The van der Waals surface area contributed by atoms with Crippen molar-refractivity contribution in [3.63, 3.8) is 0 Å². The topological polar surface area (TPSA) is 49.4 Å². The smallest absolute Gasteiger partial charge is 0.253 e. The first-order chi connectivity index (χ1) is 10.7. The minimum atomic E-state index is 0.0849. The van der Waals surface area contributed by atoms with Crippen molar-refractivity contribution in [2.24, 2.45) is 5.92 Å². The van der Waals surface area contributed by atoms with Gasteiger partial charge in [0, 0.05) is 30.3 Å². The van der Waals surface area contributed by atoms with Gasteiger partial charge in [-0.1, -0.05) is 25.3 Å². The van der Waals surface area contributed by atoms with Crippen LogP contribution in [0.2, 0.25) is 0 Å². The molecule has 22 heavy (non-hydrogen) atoms. The van der Waals surface area contributed by atoms with Gasteiger partial charge in [0.05, 0.1) is 0 Å². The Morgan fingerprint density at radius 1 is 1.00 bits per heavy atom. The van der Waals surface area contributed by atoms with Gasteiger partial charge < -0.3 is 10.2 Å². The van der Waals surface area contributed by atoms with Crippen molar-refractivity contribution in [1.82, 2.24) is 4.90 Å². The zero-order valence-corrected chi connectivity index (χ0v) is 13.0. The van der Waals surface area contributed by atoms with Crippen molar-refractivity contribution in [1.29, 1.82) is 0 Å². The van der Waals surface area contributed by atoms with E-state index in [1.54, 1.807) is 0 Å². The lowest BCUT2D eigenvalue weighted by Gasteiger charge is -2.24. The van der Waals surface area contributed by atoms with Crippen molar-refractivity contribution in [2.45, 2.75) is 44.9 Å². The predicted molar refractivity (Wildman–Crippen MR) is 86.8 cm³/mol. The fourth-order valence-electron chi connectivity index (χ4n) is 3.10. The molecule has 1 aliphatic heterocycles. The first-order valence-electron chi connectivity index (χ1n) is 8.44. The number of benzene rings is 1. The maximum atomic E-state index is 12.6. The van der Waals surface area contributed by atoms with E-state index in [1.807, 2.05) is 29.2 Å². The maximum absolute atomic E-state index is 12.6. The van der Waals surface area contributed by atoms with E-state index in [-0.39, 0.29) is 17.7 Å². The van der Waals surface area contributed by atoms with Crippen LogP contribution in [0.5, 0.6) is 0 Å². The number of anilines is 1. The van der Waals surface area contributed by atoms with Crippen molar-refractivity contribution in [3.05, 3.63) is 29.8 Å². The Morgan fingerprint density at radius 2 is 1.73 bits per heavy atom. The maximum Gasteiger partial charge on any atom is 0.253 e. The Bertz CT molecular complexity index is 544. The summed E-state index contributed by atoms with van der Waals surface area (Å²) >= 11 is 0. The van der Waals surface area contributed by atoms with Gasteiger partial charge in [-0.15, -0.1) is 0 Å². The number of hydrogen-bond donors (Lipinski definition) is 1. The first-order valence-corrected chi connectivity index (χ1v) is 8.44. The number of nitrogens with zero attached hydrogens (tertiary/aromatic N) is 1. The van der Waals surface area contributed by atoms with Gasteiger partial charge in [0.15, 0.2) is 0 Å². The van der Waals surface area contributed by atoms with Crippen LogP contribution in [0.3, 0.4) is 0 Å². The average Bonchev–Trinajstić information content (AvgIpc) is 2.74. The molecule has 0 unspecified atom stereocenters. The molecule has 0 spiro atoms. The van der Waals surface area contributed by atoms with E-state index in [0.717, 1.165) is 50.9 Å². The monoisotopic (exact) mass is 300 g/mol. The average molecular weight is 300 g/mol. The van der Waals surface area contributed by atoms with E-state index in [4.69, 9.17) is 0 Å². The summed E-state index contributed by atoms with van der Waals surface area (Å²) in [5.41, 5.74) is 1.41. The molecule has 0 radical (unpaired) electrons. The van der Waals surface area contributed by atoms with Crippen LogP contribution in [0.1, 0.15) is 55.3 Å². The fraction of sp³-hybridized carbons (Fsp3) is 0.556. The molecule has 4 heteroatoms. The van der Waals surface area contributed by atoms with Gasteiger partial charge >= 0.3 is 0 Å². The Balaban J connectivity index is 1.66. The summed E-state index contributed by atoms with van der Waals surface area (Å²) in [5, 5.41) is 2.94. The highest BCUT2D eigenvalue weighted by molar-refractivity contribution is 5.97. The third-order valence-electron chi connectivity index (χ3n) is 4.75. The molecule has 2 fully saturated rings. The zero-order chi connectivity index (χ0) is 15.4.